The van der Waals surface area contributed by atoms with Gasteiger partial charge in [0.25, 0.3) is 0 Å². The van der Waals surface area contributed by atoms with Crippen LogP contribution in [0.4, 0.5) is 15.2 Å². The molecule has 0 saturated heterocycles. The normalized spacial score (nSPS) is 11.9. The van der Waals surface area contributed by atoms with Crippen LogP contribution in [0, 0.1) is 5.82 Å². The monoisotopic (exact) mass is 313 g/mol. The molecular formula is C12H12FN3O2S2. The van der Waals surface area contributed by atoms with Crippen LogP contribution in [0.3, 0.4) is 0 Å². The van der Waals surface area contributed by atoms with Gasteiger partial charge in [-0.2, -0.15) is 0 Å². The van der Waals surface area contributed by atoms with Crippen molar-refractivity contribution < 1.29 is 13.9 Å². The Balaban J connectivity index is 2.03. The predicted octanol–water partition coefficient (Wildman–Crippen LogP) is 3.07. The Morgan fingerprint density at radius 1 is 1.45 bits per heavy atom. The van der Waals surface area contributed by atoms with E-state index < -0.39 is 0 Å². The van der Waals surface area contributed by atoms with Crippen LogP contribution >= 0.6 is 23.1 Å². The van der Waals surface area contributed by atoms with Crippen molar-refractivity contribution in [2.45, 2.75) is 16.5 Å². The van der Waals surface area contributed by atoms with E-state index in [1.165, 1.54) is 36.3 Å². The van der Waals surface area contributed by atoms with Crippen LogP contribution in [0.2, 0.25) is 0 Å². The third kappa shape index (κ3) is 3.67. The highest BCUT2D eigenvalue weighted by molar-refractivity contribution is 8.02. The maximum Gasteiger partial charge on any atom is 0.318 e. The summed E-state index contributed by atoms with van der Waals surface area (Å²) in [5.41, 5.74) is 0.334. The summed E-state index contributed by atoms with van der Waals surface area (Å²) in [5, 5.41) is 10.8. The Morgan fingerprint density at radius 3 is 2.90 bits per heavy atom. The van der Waals surface area contributed by atoms with E-state index >= 15 is 0 Å². The van der Waals surface area contributed by atoms with Crippen molar-refractivity contribution >= 4 is 39.9 Å². The molecule has 1 aromatic carbocycles. The molecule has 0 radical (unpaired) electrons. The molecule has 1 atom stereocenters. The van der Waals surface area contributed by atoms with Crippen molar-refractivity contribution in [3.63, 3.8) is 0 Å². The van der Waals surface area contributed by atoms with Crippen LogP contribution in [0.1, 0.15) is 6.92 Å². The van der Waals surface area contributed by atoms with Gasteiger partial charge in [-0.1, -0.05) is 35.2 Å². The van der Waals surface area contributed by atoms with Gasteiger partial charge in [0.1, 0.15) is 11.1 Å². The molecule has 0 amide bonds. The fourth-order valence-corrected chi connectivity index (χ4v) is 3.29. The summed E-state index contributed by atoms with van der Waals surface area (Å²) in [5.74, 6) is -0.686. The minimum absolute atomic E-state index is 0.325. The quantitative estimate of drug-likeness (QED) is 0.676. The number of carbonyl (C=O) groups excluding carboxylic acids is 1. The van der Waals surface area contributed by atoms with Crippen molar-refractivity contribution in [2.75, 3.05) is 12.4 Å². The van der Waals surface area contributed by atoms with Crippen molar-refractivity contribution in [3.05, 3.63) is 30.1 Å². The topological polar surface area (TPSA) is 64.1 Å². The molecule has 0 fully saturated rings. The average Bonchev–Trinajstić information content (AvgIpc) is 2.87. The summed E-state index contributed by atoms with van der Waals surface area (Å²) in [4.78, 5) is 11.3. The van der Waals surface area contributed by atoms with E-state index in [1.807, 2.05) is 0 Å². The molecule has 0 spiro atoms. The molecule has 0 bridgehead atoms. The van der Waals surface area contributed by atoms with Crippen LogP contribution in [0.5, 0.6) is 0 Å². The van der Waals surface area contributed by atoms with Crippen molar-refractivity contribution in [2.24, 2.45) is 0 Å². The minimum atomic E-state index is -0.366. The molecule has 106 valence electrons. The standard InChI is InChI=1S/C12H12FN3O2S2/c1-7(10(17)18-2)19-12-16-15-11(20-12)14-9-6-4-3-5-8(9)13/h3-7H,1-2H3,(H,14,15)/t7-/m1/s1. The Labute approximate surface area is 123 Å². The van der Waals surface area contributed by atoms with Crippen molar-refractivity contribution in [1.82, 2.24) is 10.2 Å². The fraction of sp³-hybridized carbons (Fsp3) is 0.250. The lowest BCUT2D eigenvalue weighted by atomic mass is 10.3. The van der Waals surface area contributed by atoms with Crippen molar-refractivity contribution in [3.8, 4) is 0 Å². The number of anilines is 2. The maximum absolute atomic E-state index is 13.5. The van der Waals surface area contributed by atoms with E-state index in [1.54, 1.807) is 25.1 Å². The molecule has 0 aliphatic heterocycles. The molecule has 0 unspecified atom stereocenters. The smallest absolute Gasteiger partial charge is 0.318 e. The highest BCUT2D eigenvalue weighted by Crippen LogP contribution is 2.31. The Bertz CT molecular complexity index is 606. The lowest BCUT2D eigenvalue weighted by Crippen LogP contribution is -2.14. The molecular weight excluding hydrogens is 301 g/mol. The Kier molecular flexibility index (Phi) is 4.91. The number of nitrogens with zero attached hydrogens (tertiary/aromatic N) is 2. The number of aromatic nitrogens is 2. The van der Waals surface area contributed by atoms with E-state index in [0.717, 1.165) is 0 Å². The molecule has 0 saturated carbocycles. The van der Waals surface area contributed by atoms with Gasteiger partial charge in [0.05, 0.1) is 12.8 Å². The van der Waals surface area contributed by atoms with Gasteiger partial charge in [-0.25, -0.2) is 4.39 Å². The first-order valence-electron chi connectivity index (χ1n) is 5.69. The zero-order chi connectivity index (χ0) is 14.5. The molecule has 8 heteroatoms. The van der Waals surface area contributed by atoms with Crippen LogP contribution in [-0.4, -0.2) is 28.5 Å². The number of thioether (sulfide) groups is 1. The number of ether oxygens (including phenoxy) is 1. The van der Waals surface area contributed by atoms with Gasteiger partial charge in [0.2, 0.25) is 5.13 Å². The van der Waals surface area contributed by atoms with Crippen LogP contribution in [0.25, 0.3) is 0 Å². The van der Waals surface area contributed by atoms with Gasteiger partial charge in [-0.15, -0.1) is 10.2 Å². The second-order valence-corrected chi connectivity index (χ2v) is 6.33. The molecule has 1 N–H and O–H groups in total. The Morgan fingerprint density at radius 2 is 2.20 bits per heavy atom. The zero-order valence-electron chi connectivity index (χ0n) is 10.8. The number of halogens is 1. The largest absolute Gasteiger partial charge is 0.468 e. The van der Waals surface area contributed by atoms with Gasteiger partial charge in [-0.05, 0) is 19.1 Å². The number of para-hydroxylation sites is 1. The Hall–Kier alpha value is -1.67. The van der Waals surface area contributed by atoms with Gasteiger partial charge in [-0.3, -0.25) is 4.79 Å². The molecule has 0 aliphatic rings. The SMILES string of the molecule is COC(=O)[C@@H](C)Sc1nnc(Nc2ccccc2F)s1. The first-order valence-corrected chi connectivity index (χ1v) is 7.39. The molecule has 2 rings (SSSR count). The number of hydrogen-bond donors (Lipinski definition) is 1. The predicted molar refractivity (Wildman–Crippen MR) is 76.9 cm³/mol. The summed E-state index contributed by atoms with van der Waals surface area (Å²) in [6.45, 7) is 1.72. The third-order valence-electron chi connectivity index (χ3n) is 2.33. The number of rotatable bonds is 5. The number of benzene rings is 1. The second kappa shape index (κ2) is 6.67. The van der Waals surface area contributed by atoms with Crippen LogP contribution in [0.15, 0.2) is 28.6 Å². The molecule has 1 aromatic heterocycles. The molecule has 0 aliphatic carbocycles. The van der Waals surface area contributed by atoms with Gasteiger partial charge in [0.15, 0.2) is 4.34 Å². The van der Waals surface area contributed by atoms with Crippen LogP contribution in [-0.2, 0) is 9.53 Å². The summed E-state index contributed by atoms with van der Waals surface area (Å²) in [6.07, 6.45) is 0. The lowest BCUT2D eigenvalue weighted by molar-refractivity contribution is -0.139. The molecule has 5 nitrogen and oxygen atoms in total. The van der Waals surface area contributed by atoms with Gasteiger partial charge in [0, 0.05) is 0 Å². The summed E-state index contributed by atoms with van der Waals surface area (Å²) in [7, 11) is 1.34. The highest BCUT2D eigenvalue weighted by atomic mass is 32.2. The second-order valence-electron chi connectivity index (χ2n) is 3.76. The number of hydrogen-bond acceptors (Lipinski definition) is 7. The third-order valence-corrected chi connectivity index (χ3v) is 4.33. The first-order chi connectivity index (χ1) is 9.60. The summed E-state index contributed by atoms with van der Waals surface area (Å²) >= 11 is 2.50. The number of nitrogens with one attached hydrogen (secondary N) is 1. The van der Waals surface area contributed by atoms with E-state index in [9.17, 15) is 9.18 Å². The van der Waals surface area contributed by atoms with Gasteiger partial charge < -0.3 is 10.1 Å². The minimum Gasteiger partial charge on any atom is -0.468 e. The summed E-state index contributed by atoms with van der Waals surface area (Å²) in [6, 6.07) is 6.31. The number of methoxy groups -OCH3 is 1. The zero-order valence-corrected chi connectivity index (χ0v) is 12.4. The maximum atomic E-state index is 13.5. The van der Waals surface area contributed by atoms with Crippen molar-refractivity contribution in [1.29, 1.82) is 0 Å². The average molecular weight is 313 g/mol. The lowest BCUT2D eigenvalue weighted by Gasteiger charge is -2.04. The van der Waals surface area contributed by atoms with E-state index in [-0.39, 0.29) is 17.0 Å². The molecule has 20 heavy (non-hydrogen) atoms. The number of esters is 1. The van der Waals surface area contributed by atoms with E-state index in [0.29, 0.717) is 15.2 Å². The van der Waals surface area contributed by atoms with E-state index in [4.69, 9.17) is 0 Å². The van der Waals surface area contributed by atoms with Gasteiger partial charge >= 0.3 is 5.97 Å². The van der Waals surface area contributed by atoms with Crippen LogP contribution < -0.4 is 5.32 Å². The highest BCUT2D eigenvalue weighted by Gasteiger charge is 2.17. The molecule has 1 heterocycles. The fourth-order valence-electron chi connectivity index (χ4n) is 1.35. The molecule has 2 aromatic rings. The summed E-state index contributed by atoms with van der Waals surface area (Å²) < 4.78 is 18.7. The first kappa shape index (κ1) is 14.7. The van der Waals surface area contributed by atoms with E-state index in [2.05, 4.69) is 20.3 Å². The number of carbonyl (C=O) groups is 1.